The van der Waals surface area contributed by atoms with E-state index in [0.29, 0.717) is 0 Å². The molecule has 1 aliphatic heterocycles. The predicted octanol–water partition coefficient (Wildman–Crippen LogP) is 3.41. The lowest BCUT2D eigenvalue weighted by atomic mass is 10.1. The van der Waals surface area contributed by atoms with Gasteiger partial charge < -0.3 is 9.47 Å². The molecule has 1 aliphatic rings. The maximum Gasteiger partial charge on any atom is 0.173 e. The second-order valence-corrected chi connectivity index (χ2v) is 4.75. The first-order valence-electron chi connectivity index (χ1n) is 5.18. The number of thiophene rings is 1. The van der Waals surface area contributed by atoms with E-state index in [1.165, 1.54) is 0 Å². The predicted molar refractivity (Wildman–Crippen MR) is 66.0 cm³/mol. The normalized spacial score (nSPS) is 12.3. The molecule has 84 valence electrons. The van der Waals surface area contributed by atoms with Gasteiger partial charge in [0.15, 0.2) is 11.5 Å². The van der Waals surface area contributed by atoms with Gasteiger partial charge in [0.2, 0.25) is 0 Å². The summed E-state index contributed by atoms with van der Waals surface area (Å²) in [4.78, 5) is 0. The molecule has 4 nitrogen and oxygen atoms in total. The van der Waals surface area contributed by atoms with Gasteiger partial charge in [0.1, 0.15) is 11.4 Å². The van der Waals surface area contributed by atoms with Gasteiger partial charge in [-0.1, -0.05) is 0 Å². The number of H-pyrrole nitrogens is 1. The molecule has 3 heterocycles. The van der Waals surface area contributed by atoms with Gasteiger partial charge in [-0.05, 0) is 17.5 Å². The zero-order valence-corrected chi connectivity index (χ0v) is 9.80. The molecule has 1 N–H and O–H groups in total. The number of aromatic nitrogens is 2. The van der Waals surface area contributed by atoms with Gasteiger partial charge in [0, 0.05) is 11.6 Å². The molecule has 0 saturated heterocycles. The Morgan fingerprint density at radius 1 is 1.35 bits per heavy atom. The fraction of sp³-hybridized carbons (Fsp3) is 0.0833. The van der Waals surface area contributed by atoms with Crippen molar-refractivity contribution in [3.63, 3.8) is 0 Å². The lowest BCUT2D eigenvalue weighted by molar-refractivity contribution is 0.416. The van der Waals surface area contributed by atoms with E-state index < -0.39 is 0 Å². The van der Waals surface area contributed by atoms with E-state index >= 15 is 0 Å². The van der Waals surface area contributed by atoms with Crippen molar-refractivity contribution >= 4 is 21.6 Å². The molecule has 0 amide bonds. The van der Waals surface area contributed by atoms with Crippen molar-refractivity contribution < 1.29 is 9.47 Å². The Hall–Kier alpha value is -2.01. The maximum atomic E-state index is 5.38. The van der Waals surface area contributed by atoms with Gasteiger partial charge in [0.25, 0.3) is 0 Å². The summed E-state index contributed by atoms with van der Waals surface area (Å²) in [5.74, 6) is 2.60. The Bertz CT molecular complexity index is 729. The van der Waals surface area contributed by atoms with Crippen LogP contribution in [0, 0.1) is 0 Å². The van der Waals surface area contributed by atoms with Crippen LogP contribution >= 0.6 is 11.3 Å². The number of nitrogens with one attached hydrogen (secondary N) is 1. The molecule has 3 aromatic rings. The van der Waals surface area contributed by atoms with E-state index in [9.17, 15) is 0 Å². The number of benzene rings is 1. The first-order valence-corrected chi connectivity index (χ1v) is 6.06. The van der Waals surface area contributed by atoms with Crippen molar-refractivity contribution in [1.82, 2.24) is 10.2 Å². The molecular formula is C12H8N2O2S. The average Bonchev–Trinajstić information content (AvgIpc) is 2.76. The fourth-order valence-electron chi connectivity index (χ4n) is 1.98. The first kappa shape index (κ1) is 9.07. The summed E-state index contributed by atoms with van der Waals surface area (Å²) >= 11 is 1.67. The number of hydrogen-bond donors (Lipinski definition) is 1. The van der Waals surface area contributed by atoms with Crippen LogP contribution in [0.1, 0.15) is 0 Å². The third-order valence-corrected chi connectivity index (χ3v) is 3.79. The molecule has 5 heteroatoms. The molecule has 0 radical (unpaired) electrons. The molecule has 1 aromatic carbocycles. The topological polar surface area (TPSA) is 50.4 Å². The highest BCUT2D eigenvalue weighted by molar-refractivity contribution is 7.17. The lowest BCUT2D eigenvalue weighted by Crippen LogP contribution is -1.86. The van der Waals surface area contributed by atoms with Crippen molar-refractivity contribution in [2.45, 2.75) is 0 Å². The van der Waals surface area contributed by atoms with Crippen molar-refractivity contribution in [1.29, 1.82) is 0 Å². The number of rotatable bonds is 2. The van der Waals surface area contributed by atoms with E-state index in [4.69, 9.17) is 9.47 Å². The van der Waals surface area contributed by atoms with E-state index in [1.54, 1.807) is 18.4 Å². The monoisotopic (exact) mass is 244 g/mol. The van der Waals surface area contributed by atoms with Crippen LogP contribution in [0.2, 0.25) is 0 Å². The Labute approximate surface area is 101 Å². The van der Waals surface area contributed by atoms with Crippen LogP contribution in [-0.4, -0.2) is 17.3 Å². The second kappa shape index (κ2) is 3.01. The summed E-state index contributed by atoms with van der Waals surface area (Å²) in [7, 11) is 1.66. The zero-order valence-electron chi connectivity index (χ0n) is 8.98. The minimum Gasteiger partial charge on any atom is -0.496 e. The molecule has 0 saturated carbocycles. The van der Waals surface area contributed by atoms with E-state index in [1.807, 2.05) is 23.6 Å². The molecule has 0 spiro atoms. The summed E-state index contributed by atoms with van der Waals surface area (Å²) in [6, 6.07) is 5.90. The molecular weight excluding hydrogens is 236 g/mol. The van der Waals surface area contributed by atoms with Crippen molar-refractivity contribution in [3.8, 4) is 28.5 Å². The molecule has 4 rings (SSSR count). The van der Waals surface area contributed by atoms with Crippen LogP contribution in [0.15, 0.2) is 23.6 Å². The Kier molecular flexibility index (Phi) is 1.61. The van der Waals surface area contributed by atoms with Gasteiger partial charge in [-0.25, -0.2) is 0 Å². The van der Waals surface area contributed by atoms with Gasteiger partial charge in [0.05, 0.1) is 17.3 Å². The highest BCUT2D eigenvalue weighted by atomic mass is 32.1. The van der Waals surface area contributed by atoms with Crippen LogP contribution in [-0.2, 0) is 0 Å². The summed E-state index contributed by atoms with van der Waals surface area (Å²) in [6.07, 6.45) is 0. The van der Waals surface area contributed by atoms with Crippen molar-refractivity contribution in [2.24, 2.45) is 0 Å². The number of ether oxygens (including phenoxy) is 2. The molecule has 17 heavy (non-hydrogen) atoms. The Morgan fingerprint density at radius 3 is 3.12 bits per heavy atom. The van der Waals surface area contributed by atoms with Crippen molar-refractivity contribution in [2.75, 3.05) is 7.11 Å². The fourth-order valence-corrected chi connectivity index (χ4v) is 2.83. The zero-order chi connectivity index (χ0) is 11.4. The third-order valence-electron chi connectivity index (χ3n) is 2.87. The van der Waals surface area contributed by atoms with E-state index in [0.717, 1.165) is 38.7 Å². The summed E-state index contributed by atoms with van der Waals surface area (Å²) in [6.45, 7) is 0. The Morgan fingerprint density at radius 2 is 2.24 bits per heavy atom. The van der Waals surface area contributed by atoms with Crippen LogP contribution in [0.25, 0.3) is 21.5 Å². The average molecular weight is 244 g/mol. The highest BCUT2D eigenvalue weighted by Crippen LogP contribution is 2.51. The number of aromatic amines is 1. The highest BCUT2D eigenvalue weighted by Gasteiger charge is 2.25. The van der Waals surface area contributed by atoms with E-state index in [-0.39, 0.29) is 0 Å². The van der Waals surface area contributed by atoms with Gasteiger partial charge in [-0.2, -0.15) is 5.10 Å². The largest absolute Gasteiger partial charge is 0.496 e. The summed E-state index contributed by atoms with van der Waals surface area (Å²) in [5, 5.41) is 9.41. The van der Waals surface area contributed by atoms with Crippen LogP contribution in [0.3, 0.4) is 0 Å². The molecule has 2 aromatic heterocycles. The quantitative estimate of drug-likeness (QED) is 0.550. The number of nitrogens with zero attached hydrogens (tertiary/aromatic N) is 1. The van der Waals surface area contributed by atoms with Gasteiger partial charge in [-0.3, -0.25) is 5.10 Å². The molecule has 0 bridgehead atoms. The molecule has 0 aliphatic carbocycles. The standard InChI is InChI=1S/C12H8N2O2S/c1-15-8-5-10-9(16-10)4-6(8)11-12-7(13-14-11)2-3-17-12/h2-5H,1H3,(H,13,14). The molecule has 0 atom stereocenters. The molecule has 0 unspecified atom stereocenters. The first-order chi connectivity index (χ1) is 8.36. The smallest absolute Gasteiger partial charge is 0.173 e. The number of methoxy groups -OCH3 is 1. The van der Waals surface area contributed by atoms with Crippen LogP contribution < -0.4 is 9.47 Å². The minimum atomic E-state index is 0.794. The lowest BCUT2D eigenvalue weighted by Gasteiger charge is -2.02. The van der Waals surface area contributed by atoms with Gasteiger partial charge in [-0.15, -0.1) is 11.3 Å². The van der Waals surface area contributed by atoms with Crippen LogP contribution in [0.4, 0.5) is 0 Å². The number of fused-ring (bicyclic) bond motifs is 2. The summed E-state index contributed by atoms with van der Waals surface area (Å²) in [5.41, 5.74) is 2.94. The SMILES string of the molecule is COc1cc2c(cc1-c1n[nH]c3ccsc13)O2. The summed E-state index contributed by atoms with van der Waals surface area (Å²) < 4.78 is 11.8. The van der Waals surface area contributed by atoms with Crippen LogP contribution in [0.5, 0.6) is 17.2 Å². The van der Waals surface area contributed by atoms with Gasteiger partial charge >= 0.3 is 0 Å². The molecule has 0 fully saturated rings. The number of hydrogen-bond acceptors (Lipinski definition) is 4. The second-order valence-electron chi connectivity index (χ2n) is 3.84. The minimum absolute atomic E-state index is 0.794. The maximum absolute atomic E-state index is 5.38. The van der Waals surface area contributed by atoms with E-state index in [2.05, 4.69) is 10.2 Å². The van der Waals surface area contributed by atoms with Crippen molar-refractivity contribution in [3.05, 3.63) is 23.6 Å². The third kappa shape index (κ3) is 1.20. The Balaban J connectivity index is 2.01.